The molecule has 1 atom stereocenters. The molecular formula is C18H28N3O4S+. The predicted octanol–water partition coefficient (Wildman–Crippen LogP) is -0.547. The van der Waals surface area contributed by atoms with Gasteiger partial charge in [-0.15, -0.1) is 0 Å². The zero-order chi connectivity index (χ0) is 18.7. The number of carbonyl (C=O) groups excluding carboxylic acids is 1. The molecule has 0 radical (unpaired) electrons. The van der Waals surface area contributed by atoms with Gasteiger partial charge in [-0.05, 0) is 37.1 Å². The van der Waals surface area contributed by atoms with Crippen LogP contribution in [-0.4, -0.2) is 77.0 Å². The van der Waals surface area contributed by atoms with E-state index in [-0.39, 0.29) is 23.3 Å². The number of carbonyl (C=O) groups is 1. The van der Waals surface area contributed by atoms with E-state index in [9.17, 15) is 13.2 Å². The molecule has 8 heteroatoms. The van der Waals surface area contributed by atoms with Crippen LogP contribution in [0.2, 0.25) is 0 Å². The van der Waals surface area contributed by atoms with E-state index in [0.29, 0.717) is 18.7 Å². The molecular weight excluding hydrogens is 354 g/mol. The Hall–Kier alpha value is -1.64. The summed E-state index contributed by atoms with van der Waals surface area (Å²) in [5, 5.41) is 0. The molecule has 7 nitrogen and oxygen atoms in total. The van der Waals surface area contributed by atoms with E-state index in [0.717, 1.165) is 32.6 Å². The molecule has 26 heavy (non-hydrogen) atoms. The van der Waals surface area contributed by atoms with Crippen molar-refractivity contribution in [2.45, 2.75) is 17.7 Å². The Labute approximate surface area is 155 Å². The number of piperazine rings is 1. The molecule has 1 amide bonds. The number of benzene rings is 1. The lowest BCUT2D eigenvalue weighted by Crippen LogP contribution is -3.12. The van der Waals surface area contributed by atoms with Crippen LogP contribution in [0.4, 0.5) is 0 Å². The largest absolute Gasteiger partial charge is 0.497 e. The number of hydrogen-bond acceptors (Lipinski definition) is 4. The Morgan fingerprint density at radius 1 is 1.15 bits per heavy atom. The van der Waals surface area contributed by atoms with Gasteiger partial charge in [0.05, 0.1) is 51.1 Å². The number of sulfonamides is 1. The fourth-order valence-corrected chi connectivity index (χ4v) is 5.15. The quantitative estimate of drug-likeness (QED) is 0.759. The van der Waals surface area contributed by atoms with Crippen LogP contribution in [0.5, 0.6) is 5.75 Å². The van der Waals surface area contributed by atoms with Gasteiger partial charge in [0.15, 0.2) is 0 Å². The standard InChI is InChI=1S/C18H27N3O4S/c1-19-10-12-20(13-11-19)18(22)15-4-3-9-21(14-15)26(23,24)17-7-5-16(25-2)6-8-17/h5-8,15H,3-4,9-14H2,1-2H3/p+1. The molecule has 2 aliphatic rings. The second-order valence-electron chi connectivity index (χ2n) is 7.16. The molecule has 0 aliphatic carbocycles. The van der Waals surface area contributed by atoms with E-state index in [1.807, 2.05) is 4.90 Å². The lowest BCUT2D eigenvalue weighted by molar-refractivity contribution is -0.883. The van der Waals surface area contributed by atoms with E-state index in [1.54, 1.807) is 31.4 Å². The number of amides is 1. The van der Waals surface area contributed by atoms with Gasteiger partial charge in [0.2, 0.25) is 15.9 Å². The van der Waals surface area contributed by atoms with Crippen LogP contribution < -0.4 is 9.64 Å². The number of nitrogens with one attached hydrogen (secondary N) is 1. The van der Waals surface area contributed by atoms with Crippen LogP contribution in [0.3, 0.4) is 0 Å². The van der Waals surface area contributed by atoms with Crippen molar-refractivity contribution in [2.24, 2.45) is 5.92 Å². The van der Waals surface area contributed by atoms with Crippen molar-refractivity contribution in [3.8, 4) is 5.75 Å². The summed E-state index contributed by atoms with van der Waals surface area (Å²) in [6.07, 6.45) is 1.47. The van der Waals surface area contributed by atoms with Crippen molar-refractivity contribution in [1.82, 2.24) is 9.21 Å². The zero-order valence-corrected chi connectivity index (χ0v) is 16.3. The lowest BCUT2D eigenvalue weighted by atomic mass is 9.98. The number of rotatable bonds is 4. The van der Waals surface area contributed by atoms with E-state index >= 15 is 0 Å². The van der Waals surface area contributed by atoms with Gasteiger partial charge in [-0.2, -0.15) is 4.31 Å². The maximum absolute atomic E-state index is 12.9. The normalized spacial score (nSPS) is 23.0. The van der Waals surface area contributed by atoms with Gasteiger partial charge >= 0.3 is 0 Å². The van der Waals surface area contributed by atoms with Gasteiger partial charge in [-0.1, -0.05) is 0 Å². The lowest BCUT2D eigenvalue weighted by Gasteiger charge is -2.36. The SMILES string of the molecule is COc1ccc(S(=O)(=O)N2CCCC(C(=O)N3CC[NH+](C)CC3)C2)cc1. The van der Waals surface area contributed by atoms with Crippen LogP contribution >= 0.6 is 0 Å². The Balaban J connectivity index is 1.69. The first-order valence-electron chi connectivity index (χ1n) is 9.16. The van der Waals surface area contributed by atoms with Crippen LogP contribution in [0.25, 0.3) is 0 Å². The van der Waals surface area contributed by atoms with Crippen molar-refractivity contribution in [2.75, 3.05) is 53.4 Å². The van der Waals surface area contributed by atoms with Crippen molar-refractivity contribution in [3.05, 3.63) is 24.3 Å². The minimum atomic E-state index is -3.59. The summed E-state index contributed by atoms with van der Waals surface area (Å²) in [5.41, 5.74) is 0. The molecule has 2 aliphatic heterocycles. The molecule has 0 spiro atoms. The third-order valence-corrected chi connectivity index (χ3v) is 7.24. The maximum Gasteiger partial charge on any atom is 0.243 e. The third kappa shape index (κ3) is 4.02. The first-order valence-corrected chi connectivity index (χ1v) is 10.6. The van der Waals surface area contributed by atoms with E-state index in [2.05, 4.69) is 7.05 Å². The second kappa shape index (κ2) is 7.94. The number of likely N-dealkylation sites (N-methyl/N-ethyl adjacent to an activating group) is 1. The Morgan fingerprint density at radius 2 is 1.81 bits per heavy atom. The number of ether oxygens (including phenoxy) is 1. The molecule has 2 saturated heterocycles. The summed E-state index contributed by atoms with van der Waals surface area (Å²) in [7, 11) is 0.0863. The number of quaternary nitrogens is 1. The molecule has 2 fully saturated rings. The molecule has 144 valence electrons. The van der Waals surface area contributed by atoms with Crippen molar-refractivity contribution in [1.29, 1.82) is 0 Å². The summed E-state index contributed by atoms with van der Waals surface area (Å²) in [4.78, 5) is 16.4. The predicted molar refractivity (Wildman–Crippen MR) is 97.7 cm³/mol. The van der Waals surface area contributed by atoms with E-state index in [1.165, 1.54) is 9.21 Å². The van der Waals surface area contributed by atoms with Gasteiger partial charge in [0.25, 0.3) is 0 Å². The molecule has 1 aromatic rings. The average Bonchev–Trinajstić information content (AvgIpc) is 2.68. The molecule has 0 bridgehead atoms. The van der Waals surface area contributed by atoms with Crippen molar-refractivity contribution in [3.63, 3.8) is 0 Å². The van der Waals surface area contributed by atoms with E-state index < -0.39 is 10.0 Å². The molecule has 1 unspecified atom stereocenters. The molecule has 0 saturated carbocycles. The third-order valence-electron chi connectivity index (χ3n) is 5.36. The van der Waals surface area contributed by atoms with Crippen molar-refractivity contribution >= 4 is 15.9 Å². The number of hydrogen-bond donors (Lipinski definition) is 1. The summed E-state index contributed by atoms with van der Waals surface area (Å²) in [6.45, 7) is 4.15. The highest BCUT2D eigenvalue weighted by atomic mass is 32.2. The summed E-state index contributed by atoms with van der Waals surface area (Å²) in [6, 6.07) is 6.41. The molecule has 1 aromatic carbocycles. The minimum Gasteiger partial charge on any atom is -0.497 e. The summed E-state index contributed by atoms with van der Waals surface area (Å²) >= 11 is 0. The fourth-order valence-electron chi connectivity index (χ4n) is 3.63. The van der Waals surface area contributed by atoms with Gasteiger partial charge in [-0.25, -0.2) is 8.42 Å². The van der Waals surface area contributed by atoms with Gasteiger partial charge < -0.3 is 14.5 Å². The molecule has 2 heterocycles. The first-order chi connectivity index (χ1) is 12.4. The first kappa shape index (κ1) is 19.1. The molecule has 0 aromatic heterocycles. The van der Waals surface area contributed by atoms with Crippen molar-refractivity contribution < 1.29 is 22.8 Å². The minimum absolute atomic E-state index is 0.104. The maximum atomic E-state index is 12.9. The second-order valence-corrected chi connectivity index (χ2v) is 9.10. The van der Waals surface area contributed by atoms with Crippen LogP contribution in [0, 0.1) is 5.92 Å². The van der Waals surface area contributed by atoms with Crippen LogP contribution in [-0.2, 0) is 14.8 Å². The van der Waals surface area contributed by atoms with Gasteiger partial charge in [0, 0.05) is 13.1 Å². The Morgan fingerprint density at radius 3 is 2.42 bits per heavy atom. The molecule has 3 rings (SSSR count). The fraction of sp³-hybridized carbons (Fsp3) is 0.611. The topological polar surface area (TPSA) is 71.4 Å². The highest BCUT2D eigenvalue weighted by Crippen LogP contribution is 2.26. The number of piperidine rings is 1. The Bertz CT molecular complexity index is 727. The monoisotopic (exact) mass is 382 g/mol. The van der Waals surface area contributed by atoms with Crippen LogP contribution in [0.15, 0.2) is 29.2 Å². The number of nitrogens with zero attached hydrogens (tertiary/aromatic N) is 2. The number of methoxy groups -OCH3 is 1. The average molecular weight is 383 g/mol. The molecule has 1 N–H and O–H groups in total. The highest BCUT2D eigenvalue weighted by molar-refractivity contribution is 7.89. The van der Waals surface area contributed by atoms with Gasteiger partial charge in [0.1, 0.15) is 5.75 Å². The summed E-state index contributed by atoms with van der Waals surface area (Å²) < 4.78 is 32.4. The summed E-state index contributed by atoms with van der Waals surface area (Å²) in [5.74, 6) is 0.482. The Kier molecular flexibility index (Phi) is 5.84. The highest BCUT2D eigenvalue weighted by Gasteiger charge is 2.36. The zero-order valence-electron chi connectivity index (χ0n) is 15.5. The van der Waals surface area contributed by atoms with Crippen LogP contribution in [0.1, 0.15) is 12.8 Å². The smallest absolute Gasteiger partial charge is 0.243 e. The van der Waals surface area contributed by atoms with E-state index in [4.69, 9.17) is 4.74 Å². The van der Waals surface area contributed by atoms with Gasteiger partial charge in [-0.3, -0.25) is 4.79 Å².